The molecular formula is C16H10F3NO4. The van der Waals surface area contributed by atoms with Crippen molar-refractivity contribution in [3.8, 4) is 11.5 Å². The van der Waals surface area contributed by atoms with Gasteiger partial charge < -0.3 is 15.6 Å². The molecule has 0 radical (unpaired) electrons. The predicted octanol–water partition coefficient (Wildman–Crippen LogP) is 2.69. The van der Waals surface area contributed by atoms with Crippen LogP contribution in [0.15, 0.2) is 30.3 Å². The maximum absolute atomic E-state index is 13.1. The van der Waals surface area contributed by atoms with Gasteiger partial charge in [0.05, 0.1) is 16.8 Å². The van der Waals surface area contributed by atoms with Crippen molar-refractivity contribution < 1.29 is 32.6 Å². The molecule has 2 aromatic carbocycles. The highest BCUT2D eigenvalue weighted by Gasteiger charge is 2.35. The zero-order chi connectivity index (χ0) is 17.6. The standard InChI is InChI=1S/C16H10F3NO4/c17-15(18)16(19)24-9-5-8(21)10-11(12(9)20)14(23)7-4-2-1-3-6(7)13(10)22/h1-5,15-16,21H,20H2. The number of phenolic OH excluding ortho intramolecular Hbond substituents is 1. The van der Waals surface area contributed by atoms with E-state index < -0.39 is 47.1 Å². The lowest BCUT2D eigenvalue weighted by Crippen LogP contribution is -2.24. The molecule has 3 rings (SSSR count). The zero-order valence-electron chi connectivity index (χ0n) is 11.9. The molecule has 0 aromatic heterocycles. The Labute approximate surface area is 133 Å². The number of carbonyl (C=O) groups excluding carboxylic acids is 2. The second kappa shape index (κ2) is 5.55. The van der Waals surface area contributed by atoms with Crippen molar-refractivity contribution in [1.82, 2.24) is 0 Å². The van der Waals surface area contributed by atoms with Crippen LogP contribution in [-0.2, 0) is 0 Å². The van der Waals surface area contributed by atoms with E-state index in [1.807, 2.05) is 0 Å². The fraction of sp³-hybridized carbons (Fsp3) is 0.125. The van der Waals surface area contributed by atoms with Gasteiger partial charge in [0.1, 0.15) is 5.75 Å². The van der Waals surface area contributed by atoms with Crippen LogP contribution in [0.2, 0.25) is 0 Å². The predicted molar refractivity (Wildman–Crippen MR) is 77.4 cm³/mol. The van der Waals surface area contributed by atoms with Crippen LogP contribution in [0.1, 0.15) is 31.8 Å². The Kier molecular flexibility index (Phi) is 3.67. The fourth-order valence-electron chi connectivity index (χ4n) is 2.54. The summed E-state index contributed by atoms with van der Waals surface area (Å²) in [5, 5.41) is 10.0. The van der Waals surface area contributed by atoms with Gasteiger partial charge >= 0.3 is 6.43 Å². The number of hydrogen-bond donors (Lipinski definition) is 2. The maximum Gasteiger partial charge on any atom is 0.304 e. The normalized spacial score (nSPS) is 14.3. The average Bonchev–Trinajstić information content (AvgIpc) is 2.55. The molecule has 24 heavy (non-hydrogen) atoms. The highest BCUT2D eigenvalue weighted by molar-refractivity contribution is 6.31. The van der Waals surface area contributed by atoms with E-state index in [9.17, 15) is 27.9 Å². The number of anilines is 1. The number of fused-ring (bicyclic) bond motifs is 2. The third kappa shape index (κ3) is 2.27. The van der Waals surface area contributed by atoms with Crippen LogP contribution >= 0.6 is 0 Å². The number of hydrogen-bond acceptors (Lipinski definition) is 5. The summed E-state index contributed by atoms with van der Waals surface area (Å²) < 4.78 is 42.1. The van der Waals surface area contributed by atoms with E-state index >= 15 is 0 Å². The number of rotatable bonds is 3. The van der Waals surface area contributed by atoms with E-state index in [0.717, 1.165) is 6.07 Å². The average molecular weight is 337 g/mol. The number of ketones is 2. The minimum atomic E-state index is -3.44. The Morgan fingerprint density at radius 3 is 2.08 bits per heavy atom. The maximum atomic E-state index is 13.1. The van der Waals surface area contributed by atoms with Gasteiger partial charge in [-0.05, 0) is 0 Å². The van der Waals surface area contributed by atoms with Crippen LogP contribution < -0.4 is 10.5 Å². The topological polar surface area (TPSA) is 89.6 Å². The van der Waals surface area contributed by atoms with Gasteiger partial charge in [0, 0.05) is 17.2 Å². The highest BCUT2D eigenvalue weighted by atomic mass is 19.3. The largest absolute Gasteiger partial charge is 0.507 e. The first-order chi connectivity index (χ1) is 11.3. The van der Waals surface area contributed by atoms with Gasteiger partial charge in [-0.15, -0.1) is 0 Å². The number of nitrogen functional groups attached to an aromatic ring is 1. The lowest BCUT2D eigenvalue weighted by Gasteiger charge is -2.22. The molecule has 1 atom stereocenters. The van der Waals surface area contributed by atoms with Crippen molar-refractivity contribution in [3.05, 3.63) is 52.6 Å². The minimum Gasteiger partial charge on any atom is -0.507 e. The smallest absolute Gasteiger partial charge is 0.304 e. The summed E-state index contributed by atoms with van der Waals surface area (Å²) in [5.74, 6) is -2.68. The minimum absolute atomic E-state index is 0.0453. The van der Waals surface area contributed by atoms with E-state index in [1.165, 1.54) is 18.2 Å². The molecule has 5 nitrogen and oxygen atoms in total. The molecule has 0 aliphatic heterocycles. The summed E-state index contributed by atoms with van der Waals surface area (Å²) >= 11 is 0. The van der Waals surface area contributed by atoms with Gasteiger partial charge in [-0.1, -0.05) is 24.3 Å². The van der Waals surface area contributed by atoms with E-state index in [1.54, 1.807) is 6.07 Å². The van der Waals surface area contributed by atoms with E-state index in [2.05, 4.69) is 4.74 Å². The molecule has 1 aliphatic carbocycles. The first-order valence-corrected chi connectivity index (χ1v) is 6.75. The molecule has 0 saturated heterocycles. The number of carbonyl (C=O) groups is 2. The molecule has 1 unspecified atom stereocenters. The fourth-order valence-corrected chi connectivity index (χ4v) is 2.54. The van der Waals surface area contributed by atoms with Crippen molar-refractivity contribution in [2.24, 2.45) is 0 Å². The summed E-state index contributed by atoms with van der Waals surface area (Å²) in [6.07, 6.45) is -6.44. The second-order valence-electron chi connectivity index (χ2n) is 5.06. The van der Waals surface area contributed by atoms with Crippen molar-refractivity contribution in [2.45, 2.75) is 12.8 Å². The Bertz CT molecular complexity index is 867. The van der Waals surface area contributed by atoms with Gasteiger partial charge in [0.15, 0.2) is 17.3 Å². The van der Waals surface area contributed by atoms with E-state index in [4.69, 9.17) is 5.73 Å². The van der Waals surface area contributed by atoms with Gasteiger partial charge in [0.2, 0.25) is 0 Å². The summed E-state index contributed by atoms with van der Waals surface area (Å²) in [4.78, 5) is 25.0. The van der Waals surface area contributed by atoms with Crippen LogP contribution in [0.3, 0.4) is 0 Å². The van der Waals surface area contributed by atoms with Crippen molar-refractivity contribution in [1.29, 1.82) is 0 Å². The third-order valence-electron chi connectivity index (χ3n) is 3.62. The van der Waals surface area contributed by atoms with Crippen molar-refractivity contribution in [2.75, 3.05) is 5.73 Å². The second-order valence-corrected chi connectivity index (χ2v) is 5.06. The lowest BCUT2D eigenvalue weighted by molar-refractivity contribution is -0.0665. The number of benzene rings is 2. The summed E-state index contributed by atoms with van der Waals surface area (Å²) in [6, 6.07) is 6.61. The van der Waals surface area contributed by atoms with Gasteiger partial charge in [-0.3, -0.25) is 9.59 Å². The third-order valence-corrected chi connectivity index (χ3v) is 3.62. The molecule has 0 amide bonds. The number of aromatic hydroxyl groups is 1. The molecule has 0 heterocycles. The number of nitrogens with two attached hydrogens (primary N) is 1. The highest BCUT2D eigenvalue weighted by Crippen LogP contribution is 2.41. The first kappa shape index (κ1) is 15.9. The monoisotopic (exact) mass is 337 g/mol. The SMILES string of the molecule is Nc1c(OC(F)C(F)F)cc(O)c2c1C(=O)c1ccccc1C2=O. The molecule has 1 aliphatic rings. The zero-order valence-corrected chi connectivity index (χ0v) is 11.9. The Morgan fingerprint density at radius 1 is 1.00 bits per heavy atom. The van der Waals surface area contributed by atoms with Crippen LogP contribution in [-0.4, -0.2) is 29.5 Å². The van der Waals surface area contributed by atoms with Crippen LogP contribution in [0.5, 0.6) is 11.5 Å². The molecule has 0 fully saturated rings. The van der Waals surface area contributed by atoms with Gasteiger partial charge in [-0.2, -0.15) is 4.39 Å². The molecule has 8 heteroatoms. The number of ether oxygens (including phenoxy) is 1. The van der Waals surface area contributed by atoms with Gasteiger partial charge in [-0.25, -0.2) is 8.78 Å². The number of halogens is 3. The van der Waals surface area contributed by atoms with Crippen molar-refractivity contribution >= 4 is 17.3 Å². The molecule has 2 aromatic rings. The van der Waals surface area contributed by atoms with E-state index in [-0.39, 0.29) is 16.7 Å². The van der Waals surface area contributed by atoms with Crippen molar-refractivity contribution in [3.63, 3.8) is 0 Å². The Hall–Kier alpha value is -3.03. The quantitative estimate of drug-likeness (QED) is 0.566. The van der Waals surface area contributed by atoms with Crippen LogP contribution in [0, 0.1) is 0 Å². The summed E-state index contributed by atoms with van der Waals surface area (Å²) in [6.45, 7) is 0. The number of alkyl halides is 3. The first-order valence-electron chi connectivity index (χ1n) is 6.75. The Balaban J connectivity index is 2.19. The van der Waals surface area contributed by atoms with Crippen LogP contribution in [0.25, 0.3) is 0 Å². The van der Waals surface area contributed by atoms with Crippen LogP contribution in [0.4, 0.5) is 18.9 Å². The Morgan fingerprint density at radius 2 is 1.54 bits per heavy atom. The summed E-state index contributed by atoms with van der Waals surface area (Å²) in [7, 11) is 0. The number of phenols is 1. The molecule has 0 saturated carbocycles. The van der Waals surface area contributed by atoms with E-state index in [0.29, 0.717) is 0 Å². The van der Waals surface area contributed by atoms with Gasteiger partial charge in [0.25, 0.3) is 6.36 Å². The molecular weight excluding hydrogens is 327 g/mol. The lowest BCUT2D eigenvalue weighted by atomic mass is 9.82. The molecule has 0 spiro atoms. The molecule has 124 valence electrons. The molecule has 0 bridgehead atoms. The molecule has 3 N–H and O–H groups in total. The summed E-state index contributed by atoms with van der Waals surface area (Å²) in [5.41, 5.74) is 4.59.